The van der Waals surface area contributed by atoms with Crippen LogP contribution in [0.4, 0.5) is 0 Å². The molecule has 0 amide bonds. The summed E-state index contributed by atoms with van der Waals surface area (Å²) < 4.78 is 168. The highest BCUT2D eigenvalue weighted by atomic mass is 16.3. The summed E-state index contributed by atoms with van der Waals surface area (Å²) in [4.78, 5) is 0. The van der Waals surface area contributed by atoms with E-state index in [1.165, 1.54) is 12.1 Å². The predicted molar refractivity (Wildman–Crippen MR) is 208 cm³/mol. The molecular weight excluding hydrogens is 593 g/mol. The molecular formula is C48H30O. The molecule has 0 N–H and O–H groups in total. The lowest BCUT2D eigenvalue weighted by Gasteiger charge is -2.21. The monoisotopic (exact) mass is 640 g/mol. The van der Waals surface area contributed by atoms with Crippen LogP contribution in [0.15, 0.2) is 186 Å². The van der Waals surface area contributed by atoms with Gasteiger partial charge in [-0.15, -0.1) is 0 Å². The molecule has 0 saturated carbocycles. The van der Waals surface area contributed by atoms with Crippen molar-refractivity contribution in [1.29, 1.82) is 0 Å². The molecule has 1 aromatic heterocycles. The lowest BCUT2D eigenvalue weighted by molar-refractivity contribution is 0.670. The molecule has 49 heavy (non-hydrogen) atoms. The molecule has 0 radical (unpaired) electrons. The molecule has 0 atom stereocenters. The lowest BCUT2D eigenvalue weighted by atomic mass is 9.81. The van der Waals surface area contributed by atoms with Crippen molar-refractivity contribution in [2.45, 2.75) is 0 Å². The summed E-state index contributed by atoms with van der Waals surface area (Å²) in [5.41, 5.74) is -0.171. The Morgan fingerprint density at radius 2 is 0.918 bits per heavy atom. The second kappa shape index (κ2) is 11.1. The summed E-state index contributed by atoms with van der Waals surface area (Å²) in [6.07, 6.45) is 0. The van der Waals surface area contributed by atoms with Gasteiger partial charge in [-0.25, -0.2) is 0 Å². The summed E-state index contributed by atoms with van der Waals surface area (Å²) in [6, 6.07) is 8.36. The van der Waals surface area contributed by atoms with Gasteiger partial charge in [0.05, 0.1) is 24.7 Å². The normalized spacial score (nSPS) is 16.8. The molecule has 10 aromatic rings. The van der Waals surface area contributed by atoms with Crippen LogP contribution in [0.1, 0.15) is 24.7 Å². The van der Waals surface area contributed by atoms with Crippen LogP contribution in [-0.2, 0) is 0 Å². The fourth-order valence-corrected chi connectivity index (χ4v) is 6.84. The minimum absolute atomic E-state index is 0.00900. The van der Waals surface area contributed by atoms with E-state index in [-0.39, 0.29) is 71.6 Å². The molecule has 0 fully saturated rings. The maximum atomic E-state index is 9.68. The Labute approximate surface area is 309 Å². The second-order valence-electron chi connectivity index (χ2n) is 11.5. The van der Waals surface area contributed by atoms with Gasteiger partial charge in [0.1, 0.15) is 11.2 Å². The first-order valence-corrected chi connectivity index (χ1v) is 15.4. The standard InChI is InChI=1S/C48H30O/c1-3-15-31(16-4-1)36-28-27-33-19-7-8-20-35(33)46(36)47-40-24-11-9-22-38(40)45(39-23-10-12-25-41(39)47)34-29-42(32-17-5-2-6-18-32)48-43(30-34)37-21-13-14-26-44(37)49-48/h1-30H/i1D,2D,3D,4D,5D,6D,9D,10D,11D,12D,15D,16D,17D,18D,22D,23D,24D,25D. The lowest BCUT2D eigenvalue weighted by Crippen LogP contribution is -1.94. The Kier molecular flexibility index (Phi) is 3.43. The van der Waals surface area contributed by atoms with Crippen LogP contribution >= 0.6 is 0 Å². The minimum Gasteiger partial charge on any atom is -0.455 e. The van der Waals surface area contributed by atoms with Gasteiger partial charge in [0.15, 0.2) is 0 Å². The van der Waals surface area contributed by atoms with Gasteiger partial charge in [-0.3, -0.25) is 0 Å². The predicted octanol–water partition coefficient (Wildman–Crippen LogP) is 13.7. The maximum Gasteiger partial charge on any atom is 0.143 e. The zero-order valence-electron chi connectivity index (χ0n) is 43.3. The van der Waals surface area contributed by atoms with Crippen LogP contribution in [0.25, 0.3) is 98.8 Å². The van der Waals surface area contributed by atoms with Crippen LogP contribution in [0.3, 0.4) is 0 Å². The van der Waals surface area contributed by atoms with E-state index in [9.17, 15) is 5.48 Å². The molecule has 228 valence electrons. The first-order valence-electron chi connectivity index (χ1n) is 24.4. The Morgan fingerprint density at radius 3 is 1.59 bits per heavy atom. The van der Waals surface area contributed by atoms with E-state index in [0.29, 0.717) is 27.1 Å². The van der Waals surface area contributed by atoms with Crippen LogP contribution in [0.5, 0.6) is 0 Å². The van der Waals surface area contributed by atoms with Gasteiger partial charge in [0.2, 0.25) is 0 Å². The summed E-state index contributed by atoms with van der Waals surface area (Å²) in [6.45, 7) is 0. The van der Waals surface area contributed by atoms with Crippen molar-refractivity contribution in [1.82, 2.24) is 0 Å². The van der Waals surface area contributed by atoms with Crippen molar-refractivity contribution in [3.05, 3.63) is 182 Å². The molecule has 0 spiro atoms. The van der Waals surface area contributed by atoms with Gasteiger partial charge in [-0.1, -0.05) is 163 Å². The van der Waals surface area contributed by atoms with Gasteiger partial charge in [0.25, 0.3) is 0 Å². The number of para-hydroxylation sites is 1. The van der Waals surface area contributed by atoms with Gasteiger partial charge in [-0.05, 0) is 89.5 Å². The summed E-state index contributed by atoms with van der Waals surface area (Å²) in [5.74, 6) is 0. The van der Waals surface area contributed by atoms with Gasteiger partial charge >= 0.3 is 0 Å². The molecule has 1 heteroatoms. The zero-order chi connectivity index (χ0) is 48.0. The van der Waals surface area contributed by atoms with E-state index >= 15 is 0 Å². The number of furan rings is 1. The molecule has 10 rings (SSSR count). The third kappa shape index (κ3) is 4.33. The first-order chi connectivity index (χ1) is 31.8. The van der Waals surface area contributed by atoms with E-state index in [0.717, 1.165) is 0 Å². The van der Waals surface area contributed by atoms with Gasteiger partial charge < -0.3 is 4.42 Å². The van der Waals surface area contributed by atoms with Crippen LogP contribution in [0.2, 0.25) is 0 Å². The molecule has 1 heterocycles. The van der Waals surface area contributed by atoms with Gasteiger partial charge in [-0.2, -0.15) is 0 Å². The van der Waals surface area contributed by atoms with Crippen LogP contribution < -0.4 is 0 Å². The third-order valence-corrected chi connectivity index (χ3v) is 8.86. The number of rotatable bonds is 4. The average Bonchev–Trinajstić information content (AvgIpc) is 3.71. The highest BCUT2D eigenvalue weighted by molar-refractivity contribution is 6.26. The summed E-state index contributed by atoms with van der Waals surface area (Å²) in [5, 5.41) is 0.851. The minimum atomic E-state index is -0.703. The maximum absolute atomic E-state index is 9.68. The van der Waals surface area contributed by atoms with Crippen LogP contribution in [-0.4, -0.2) is 0 Å². The molecule has 9 aromatic carbocycles. The quantitative estimate of drug-likeness (QED) is 0.174. The van der Waals surface area contributed by atoms with Crippen LogP contribution in [0, 0.1) is 0 Å². The highest BCUT2D eigenvalue weighted by Crippen LogP contribution is 2.49. The Hall–Kier alpha value is -6.44. The fraction of sp³-hybridized carbons (Fsp3) is 0. The zero-order valence-corrected chi connectivity index (χ0v) is 25.3. The molecule has 0 bridgehead atoms. The summed E-state index contributed by atoms with van der Waals surface area (Å²) >= 11 is 0. The van der Waals surface area contributed by atoms with Gasteiger partial charge in [0, 0.05) is 16.3 Å². The third-order valence-electron chi connectivity index (χ3n) is 8.86. The summed E-state index contributed by atoms with van der Waals surface area (Å²) in [7, 11) is 0. The molecule has 1 nitrogen and oxygen atoms in total. The first kappa shape index (κ1) is 15.2. The Morgan fingerprint density at radius 1 is 0.367 bits per heavy atom. The number of benzene rings is 9. The molecule has 0 aliphatic rings. The molecule has 0 aliphatic carbocycles. The van der Waals surface area contributed by atoms with E-state index in [4.69, 9.17) is 23.6 Å². The Bertz CT molecular complexity index is 3770. The van der Waals surface area contributed by atoms with Crippen molar-refractivity contribution in [2.24, 2.45) is 0 Å². The van der Waals surface area contributed by atoms with Crippen molar-refractivity contribution in [3.8, 4) is 44.5 Å². The van der Waals surface area contributed by atoms with E-state index in [2.05, 4.69) is 0 Å². The average molecular weight is 641 g/mol. The fourth-order valence-electron chi connectivity index (χ4n) is 6.84. The van der Waals surface area contributed by atoms with Crippen molar-refractivity contribution in [2.75, 3.05) is 0 Å². The molecule has 0 unspecified atom stereocenters. The SMILES string of the molecule is [2H]c1c([2H])c([2H])c(-c2ccc3ccccc3c2-c2c3c([2H])c([2H])c([2H])c([2H])c3c(-c3cc(-c4c([2H])c([2H])c([2H])c([2H])c4[2H])c4oc5ccccc5c4c3)c3c([2H])c([2H])c([2H])c([2H])c23)c([2H])c1[2H]. The number of fused-ring (bicyclic) bond motifs is 6. The van der Waals surface area contributed by atoms with Crippen molar-refractivity contribution >= 4 is 54.3 Å². The van der Waals surface area contributed by atoms with E-state index in [1.54, 1.807) is 60.7 Å². The topological polar surface area (TPSA) is 13.1 Å². The Balaban J connectivity index is 1.52. The smallest absolute Gasteiger partial charge is 0.143 e. The number of hydrogen-bond donors (Lipinski definition) is 0. The molecule has 0 saturated heterocycles. The van der Waals surface area contributed by atoms with Crippen molar-refractivity contribution in [3.63, 3.8) is 0 Å². The molecule has 0 aliphatic heterocycles. The van der Waals surface area contributed by atoms with E-state index in [1.807, 2.05) is 0 Å². The van der Waals surface area contributed by atoms with Crippen molar-refractivity contribution < 1.29 is 29.1 Å². The highest BCUT2D eigenvalue weighted by Gasteiger charge is 2.22. The number of hydrogen-bond acceptors (Lipinski definition) is 1. The second-order valence-corrected chi connectivity index (χ2v) is 11.5. The largest absolute Gasteiger partial charge is 0.455 e. The van der Waals surface area contributed by atoms with E-state index < -0.39 is 109 Å².